The van der Waals surface area contributed by atoms with Crippen LogP contribution in [0.15, 0.2) is 12.1 Å². The molecule has 0 aliphatic carbocycles. The number of rotatable bonds is 7. The van der Waals surface area contributed by atoms with Crippen LogP contribution >= 0.6 is 0 Å². The van der Waals surface area contributed by atoms with Gasteiger partial charge in [0, 0.05) is 6.54 Å². The topological polar surface area (TPSA) is 103 Å². The van der Waals surface area contributed by atoms with E-state index in [1.165, 1.54) is 0 Å². The van der Waals surface area contributed by atoms with Gasteiger partial charge in [-0.2, -0.15) is 4.98 Å². The molecule has 0 radical (unpaired) electrons. The fraction of sp³-hybridized carbons (Fsp3) is 0.538. The highest BCUT2D eigenvalue weighted by Crippen LogP contribution is 2.22. The Balaban J connectivity index is 2.72. The summed E-state index contributed by atoms with van der Waals surface area (Å²) in [6, 6.07) is 3.46. The summed E-state index contributed by atoms with van der Waals surface area (Å²) in [5.74, 6) is 0.649. The van der Waals surface area contributed by atoms with E-state index in [1.54, 1.807) is 26.0 Å². The first-order valence-electron chi connectivity index (χ1n) is 6.30. The van der Waals surface area contributed by atoms with Crippen molar-refractivity contribution in [1.29, 1.82) is 0 Å². The second-order valence-corrected chi connectivity index (χ2v) is 5.04. The van der Waals surface area contributed by atoms with Crippen LogP contribution in [0, 0.1) is 5.41 Å². The molecule has 0 fully saturated rings. The lowest BCUT2D eigenvalue weighted by Gasteiger charge is -2.21. The van der Waals surface area contributed by atoms with Gasteiger partial charge < -0.3 is 21.5 Å². The maximum absolute atomic E-state index is 11.2. The number of amides is 1. The number of carbonyl (C=O) groups is 1. The van der Waals surface area contributed by atoms with Crippen LogP contribution in [-0.2, 0) is 4.79 Å². The third-order valence-corrected chi connectivity index (χ3v) is 2.71. The zero-order chi connectivity index (χ0) is 14.5. The SMILES string of the molecule is CCCOc1nc(NCC(C)(C)C(N)=O)ccc1N. The number of hydrogen-bond donors (Lipinski definition) is 3. The van der Waals surface area contributed by atoms with Gasteiger partial charge in [-0.05, 0) is 32.4 Å². The highest BCUT2D eigenvalue weighted by atomic mass is 16.5. The number of aromatic nitrogens is 1. The Hall–Kier alpha value is -1.98. The van der Waals surface area contributed by atoms with Gasteiger partial charge in [-0.3, -0.25) is 4.79 Å². The molecule has 6 heteroatoms. The van der Waals surface area contributed by atoms with E-state index in [0.29, 0.717) is 30.5 Å². The van der Waals surface area contributed by atoms with Gasteiger partial charge in [-0.15, -0.1) is 0 Å². The highest BCUT2D eigenvalue weighted by Gasteiger charge is 2.24. The van der Waals surface area contributed by atoms with Gasteiger partial charge in [0.1, 0.15) is 5.82 Å². The zero-order valence-corrected chi connectivity index (χ0v) is 11.7. The Morgan fingerprint density at radius 3 is 2.74 bits per heavy atom. The van der Waals surface area contributed by atoms with Crippen molar-refractivity contribution in [1.82, 2.24) is 4.98 Å². The molecule has 19 heavy (non-hydrogen) atoms. The fourth-order valence-corrected chi connectivity index (χ4v) is 1.26. The van der Waals surface area contributed by atoms with Crippen LogP contribution in [0.5, 0.6) is 5.88 Å². The molecular formula is C13H22N4O2. The Morgan fingerprint density at radius 1 is 1.47 bits per heavy atom. The second kappa shape index (κ2) is 6.26. The molecule has 1 amide bonds. The zero-order valence-electron chi connectivity index (χ0n) is 11.7. The van der Waals surface area contributed by atoms with Crippen molar-refractivity contribution in [3.8, 4) is 5.88 Å². The van der Waals surface area contributed by atoms with E-state index in [2.05, 4.69) is 10.3 Å². The molecule has 0 atom stereocenters. The minimum absolute atomic E-state index is 0.363. The number of pyridine rings is 1. The minimum Gasteiger partial charge on any atom is -0.476 e. The van der Waals surface area contributed by atoms with Gasteiger partial charge in [-0.1, -0.05) is 6.92 Å². The van der Waals surface area contributed by atoms with E-state index < -0.39 is 5.41 Å². The van der Waals surface area contributed by atoms with Crippen molar-refractivity contribution in [2.45, 2.75) is 27.2 Å². The third-order valence-electron chi connectivity index (χ3n) is 2.71. The molecule has 0 aliphatic heterocycles. The summed E-state index contributed by atoms with van der Waals surface area (Å²) in [5.41, 5.74) is 10.9. The van der Waals surface area contributed by atoms with Crippen LogP contribution in [0.3, 0.4) is 0 Å². The Labute approximate surface area is 113 Å². The maximum atomic E-state index is 11.2. The van der Waals surface area contributed by atoms with E-state index in [0.717, 1.165) is 6.42 Å². The lowest BCUT2D eigenvalue weighted by atomic mass is 9.93. The summed E-state index contributed by atoms with van der Waals surface area (Å²) in [6.45, 7) is 6.51. The van der Waals surface area contributed by atoms with Gasteiger partial charge in [0.05, 0.1) is 17.7 Å². The van der Waals surface area contributed by atoms with Crippen molar-refractivity contribution in [3.05, 3.63) is 12.1 Å². The Kier molecular flexibility index (Phi) is 4.97. The lowest BCUT2D eigenvalue weighted by Crippen LogP contribution is -2.37. The lowest BCUT2D eigenvalue weighted by molar-refractivity contribution is -0.125. The van der Waals surface area contributed by atoms with Crippen molar-refractivity contribution >= 4 is 17.4 Å². The summed E-state index contributed by atoms with van der Waals surface area (Å²) in [5, 5.41) is 3.06. The summed E-state index contributed by atoms with van der Waals surface area (Å²) < 4.78 is 5.44. The first-order chi connectivity index (χ1) is 8.86. The molecule has 0 saturated heterocycles. The number of ether oxygens (including phenoxy) is 1. The average molecular weight is 266 g/mol. The normalized spacial score (nSPS) is 11.1. The minimum atomic E-state index is -0.645. The fourth-order valence-electron chi connectivity index (χ4n) is 1.26. The molecule has 5 N–H and O–H groups in total. The molecule has 0 spiro atoms. The van der Waals surface area contributed by atoms with Crippen molar-refractivity contribution in [2.24, 2.45) is 11.1 Å². The highest BCUT2D eigenvalue weighted by molar-refractivity contribution is 5.80. The smallest absolute Gasteiger partial charge is 0.239 e. The molecule has 0 saturated carbocycles. The molecule has 6 nitrogen and oxygen atoms in total. The number of primary amides is 1. The van der Waals surface area contributed by atoms with E-state index in [4.69, 9.17) is 16.2 Å². The van der Waals surface area contributed by atoms with Crippen molar-refractivity contribution in [2.75, 3.05) is 24.2 Å². The van der Waals surface area contributed by atoms with E-state index in [1.807, 2.05) is 6.92 Å². The van der Waals surface area contributed by atoms with Crippen LogP contribution in [0.2, 0.25) is 0 Å². The summed E-state index contributed by atoms with van der Waals surface area (Å²) in [6.07, 6.45) is 0.882. The van der Waals surface area contributed by atoms with Crippen LogP contribution in [0.4, 0.5) is 11.5 Å². The maximum Gasteiger partial charge on any atom is 0.239 e. The monoisotopic (exact) mass is 266 g/mol. The molecule has 1 aromatic rings. The number of nitrogen functional groups attached to an aromatic ring is 1. The molecule has 0 unspecified atom stereocenters. The molecule has 1 heterocycles. The molecular weight excluding hydrogens is 244 g/mol. The number of nitrogens with zero attached hydrogens (tertiary/aromatic N) is 1. The number of nitrogens with two attached hydrogens (primary N) is 2. The van der Waals surface area contributed by atoms with Gasteiger partial charge >= 0.3 is 0 Å². The number of anilines is 2. The van der Waals surface area contributed by atoms with Crippen LogP contribution in [0.1, 0.15) is 27.2 Å². The van der Waals surface area contributed by atoms with Gasteiger partial charge in [0.25, 0.3) is 0 Å². The van der Waals surface area contributed by atoms with Crippen LogP contribution in [0.25, 0.3) is 0 Å². The first kappa shape index (κ1) is 15.1. The molecule has 0 bridgehead atoms. The standard InChI is InChI=1S/C13H22N4O2/c1-4-7-19-11-9(14)5-6-10(17-11)16-8-13(2,3)12(15)18/h5-6H,4,7-8,14H2,1-3H3,(H2,15,18)(H,16,17). The predicted molar refractivity (Wildman–Crippen MR) is 75.9 cm³/mol. The quantitative estimate of drug-likeness (QED) is 0.691. The van der Waals surface area contributed by atoms with Crippen LogP contribution in [-0.4, -0.2) is 24.0 Å². The van der Waals surface area contributed by atoms with E-state index in [9.17, 15) is 4.79 Å². The first-order valence-corrected chi connectivity index (χ1v) is 6.30. The summed E-state index contributed by atoms with van der Waals surface area (Å²) in [7, 11) is 0. The van der Waals surface area contributed by atoms with E-state index in [-0.39, 0.29) is 5.91 Å². The van der Waals surface area contributed by atoms with Gasteiger partial charge in [0.15, 0.2) is 0 Å². The predicted octanol–water partition coefficient (Wildman–Crippen LogP) is 1.38. The van der Waals surface area contributed by atoms with Gasteiger partial charge in [-0.25, -0.2) is 0 Å². The molecule has 1 rings (SSSR count). The summed E-state index contributed by atoms with van der Waals surface area (Å²) >= 11 is 0. The average Bonchev–Trinajstić information content (AvgIpc) is 2.36. The molecule has 0 aliphatic rings. The number of carbonyl (C=O) groups excluding carboxylic acids is 1. The van der Waals surface area contributed by atoms with Crippen LogP contribution < -0.4 is 21.5 Å². The van der Waals surface area contributed by atoms with Crippen molar-refractivity contribution in [3.63, 3.8) is 0 Å². The largest absolute Gasteiger partial charge is 0.476 e. The Morgan fingerprint density at radius 2 is 2.16 bits per heavy atom. The van der Waals surface area contributed by atoms with Gasteiger partial charge in [0.2, 0.25) is 11.8 Å². The summed E-state index contributed by atoms with van der Waals surface area (Å²) in [4.78, 5) is 15.5. The molecule has 1 aromatic heterocycles. The molecule has 106 valence electrons. The molecule has 0 aromatic carbocycles. The number of hydrogen-bond acceptors (Lipinski definition) is 5. The van der Waals surface area contributed by atoms with E-state index >= 15 is 0 Å². The number of nitrogens with one attached hydrogen (secondary N) is 1. The van der Waals surface area contributed by atoms with Crippen molar-refractivity contribution < 1.29 is 9.53 Å². The Bertz CT molecular complexity index is 446. The second-order valence-electron chi connectivity index (χ2n) is 5.04. The third kappa shape index (κ3) is 4.31.